The van der Waals surface area contributed by atoms with Gasteiger partial charge in [-0.15, -0.1) is 12.1 Å². The molecule has 0 heterocycles. The molecule has 3 heteroatoms. The van der Waals surface area contributed by atoms with Crippen LogP contribution in [0.15, 0.2) is 43.0 Å². The Morgan fingerprint density at radius 1 is 1.14 bits per heavy atom. The van der Waals surface area contributed by atoms with E-state index in [1.807, 2.05) is 12.1 Å². The molecule has 0 spiro atoms. The van der Waals surface area contributed by atoms with Crippen LogP contribution in [0.2, 0.25) is 32.7 Å². The van der Waals surface area contributed by atoms with Crippen molar-refractivity contribution in [3.63, 3.8) is 0 Å². The fourth-order valence-electron chi connectivity index (χ4n) is 2.42. The minimum atomic E-state index is -2.11. The number of hydrogen-bond donors (Lipinski definition) is 1. The lowest BCUT2D eigenvalue weighted by molar-refractivity contribution is 0.164. The molecule has 0 aliphatic carbocycles. The van der Waals surface area contributed by atoms with Crippen LogP contribution in [-0.2, 0) is 0 Å². The summed E-state index contributed by atoms with van der Waals surface area (Å²) in [6.45, 7) is 14.9. The molecule has 0 aliphatic rings. The standard InChI is InChI=1S/C19H30OSi2/c1-7-8-12-15-19(20,16-17-21(2,3)4)22(5,6)18-13-10-9-11-14-18/h7,9-11,13-14,20H,1,8,12,15H2,2-6H3/t19-/m1/s1. The molecule has 0 fully saturated rings. The van der Waals surface area contributed by atoms with E-state index in [2.05, 4.69) is 75.0 Å². The molecule has 0 radical (unpaired) electrons. The van der Waals surface area contributed by atoms with Gasteiger partial charge in [0.15, 0.2) is 0 Å². The van der Waals surface area contributed by atoms with Crippen molar-refractivity contribution in [2.24, 2.45) is 0 Å². The maximum Gasteiger partial charge on any atom is 0.132 e. The lowest BCUT2D eigenvalue weighted by Crippen LogP contribution is -2.61. The maximum absolute atomic E-state index is 11.5. The Bertz CT molecular complexity index is 546. The third-order valence-corrected chi connectivity index (χ3v) is 9.22. The summed E-state index contributed by atoms with van der Waals surface area (Å²) in [6.07, 6.45) is 4.51. The summed E-state index contributed by atoms with van der Waals surface area (Å²) < 4.78 is 0. The zero-order valence-corrected chi connectivity index (χ0v) is 16.7. The van der Waals surface area contributed by atoms with Crippen LogP contribution in [0, 0.1) is 11.5 Å². The summed E-state index contributed by atoms with van der Waals surface area (Å²) in [5, 5.41) is 11.8. The van der Waals surface area contributed by atoms with Gasteiger partial charge in [-0.2, -0.15) is 0 Å². The first-order valence-corrected chi connectivity index (χ1v) is 14.6. The summed E-state index contributed by atoms with van der Waals surface area (Å²) >= 11 is 0. The van der Waals surface area contributed by atoms with Gasteiger partial charge in [-0.3, -0.25) is 0 Å². The van der Waals surface area contributed by atoms with Crippen LogP contribution in [0.25, 0.3) is 0 Å². The van der Waals surface area contributed by atoms with Gasteiger partial charge in [0, 0.05) is 0 Å². The predicted molar refractivity (Wildman–Crippen MR) is 104 cm³/mol. The van der Waals surface area contributed by atoms with Gasteiger partial charge in [-0.05, 0) is 19.3 Å². The van der Waals surface area contributed by atoms with Gasteiger partial charge < -0.3 is 5.11 Å². The van der Waals surface area contributed by atoms with Crippen molar-refractivity contribution in [1.82, 2.24) is 0 Å². The molecule has 0 amide bonds. The summed E-state index contributed by atoms with van der Waals surface area (Å²) in [7, 11) is -3.63. The van der Waals surface area contributed by atoms with Gasteiger partial charge >= 0.3 is 0 Å². The highest BCUT2D eigenvalue weighted by atomic mass is 28.3. The number of allylic oxidation sites excluding steroid dienone is 1. The van der Waals surface area contributed by atoms with Crippen molar-refractivity contribution in [1.29, 1.82) is 0 Å². The first-order chi connectivity index (χ1) is 10.1. The van der Waals surface area contributed by atoms with Gasteiger partial charge in [0.2, 0.25) is 0 Å². The fourth-order valence-corrected chi connectivity index (χ4v) is 5.80. The molecule has 1 aromatic rings. The molecule has 1 atom stereocenters. The zero-order chi connectivity index (χ0) is 16.9. The quantitative estimate of drug-likeness (QED) is 0.360. The van der Waals surface area contributed by atoms with Gasteiger partial charge in [-0.1, -0.05) is 80.3 Å². The summed E-state index contributed by atoms with van der Waals surface area (Å²) in [4.78, 5) is 0. The highest BCUT2D eigenvalue weighted by molar-refractivity contribution is 6.93. The Labute approximate surface area is 138 Å². The van der Waals surface area contributed by atoms with E-state index >= 15 is 0 Å². The van der Waals surface area contributed by atoms with Crippen LogP contribution in [0.4, 0.5) is 0 Å². The Hall–Kier alpha value is -1.09. The average molecular weight is 331 g/mol. The smallest absolute Gasteiger partial charge is 0.132 e. The van der Waals surface area contributed by atoms with E-state index in [4.69, 9.17) is 0 Å². The van der Waals surface area contributed by atoms with E-state index in [9.17, 15) is 5.11 Å². The van der Waals surface area contributed by atoms with Crippen LogP contribution < -0.4 is 5.19 Å². The first kappa shape index (κ1) is 19.0. The Morgan fingerprint density at radius 2 is 1.73 bits per heavy atom. The average Bonchev–Trinajstić information content (AvgIpc) is 2.45. The fraction of sp³-hybridized carbons (Fsp3) is 0.474. The van der Waals surface area contributed by atoms with Crippen molar-refractivity contribution in [3.05, 3.63) is 43.0 Å². The second-order valence-corrected chi connectivity index (χ2v) is 16.9. The Balaban J connectivity index is 3.23. The molecule has 0 saturated carbocycles. The minimum absolute atomic E-state index is 0.727. The Morgan fingerprint density at radius 3 is 2.23 bits per heavy atom. The summed E-state index contributed by atoms with van der Waals surface area (Å²) in [5.41, 5.74) is 3.41. The van der Waals surface area contributed by atoms with E-state index in [1.54, 1.807) is 0 Å². The largest absolute Gasteiger partial charge is 0.381 e. The topological polar surface area (TPSA) is 20.2 Å². The monoisotopic (exact) mass is 330 g/mol. The van der Waals surface area contributed by atoms with E-state index < -0.39 is 21.4 Å². The van der Waals surface area contributed by atoms with Gasteiger partial charge in [0.25, 0.3) is 0 Å². The van der Waals surface area contributed by atoms with Gasteiger partial charge in [0.05, 0.1) is 0 Å². The van der Waals surface area contributed by atoms with Crippen LogP contribution in [0.3, 0.4) is 0 Å². The maximum atomic E-state index is 11.5. The van der Waals surface area contributed by atoms with Crippen LogP contribution in [-0.4, -0.2) is 26.5 Å². The first-order valence-electron chi connectivity index (χ1n) is 8.05. The molecule has 22 heavy (non-hydrogen) atoms. The number of aliphatic hydroxyl groups is 1. The van der Waals surface area contributed by atoms with Crippen molar-refractivity contribution >= 4 is 21.3 Å². The molecule has 0 saturated heterocycles. The molecule has 120 valence electrons. The molecular formula is C19H30OSi2. The lowest BCUT2D eigenvalue weighted by Gasteiger charge is -2.38. The number of unbranched alkanes of at least 4 members (excludes halogenated alkanes) is 1. The lowest BCUT2D eigenvalue weighted by atomic mass is 10.1. The molecule has 0 bridgehead atoms. The van der Waals surface area contributed by atoms with Crippen molar-refractivity contribution in [3.8, 4) is 11.5 Å². The van der Waals surface area contributed by atoms with E-state index in [0.717, 1.165) is 19.3 Å². The highest BCUT2D eigenvalue weighted by Gasteiger charge is 2.45. The second kappa shape index (κ2) is 7.45. The predicted octanol–water partition coefficient (Wildman–Crippen LogP) is 4.11. The molecule has 0 unspecified atom stereocenters. The molecule has 0 aromatic heterocycles. The van der Waals surface area contributed by atoms with E-state index in [-0.39, 0.29) is 0 Å². The Kier molecular flexibility index (Phi) is 6.42. The summed E-state index contributed by atoms with van der Waals surface area (Å²) in [5.74, 6) is 3.33. The van der Waals surface area contributed by atoms with Crippen LogP contribution in [0.5, 0.6) is 0 Å². The van der Waals surface area contributed by atoms with Crippen molar-refractivity contribution in [2.45, 2.75) is 57.2 Å². The summed E-state index contributed by atoms with van der Waals surface area (Å²) in [6, 6.07) is 10.4. The van der Waals surface area contributed by atoms with Crippen LogP contribution in [0.1, 0.15) is 19.3 Å². The molecule has 1 rings (SSSR count). The van der Waals surface area contributed by atoms with Crippen LogP contribution >= 0.6 is 0 Å². The third-order valence-electron chi connectivity index (χ3n) is 4.12. The third kappa shape index (κ3) is 4.98. The van der Waals surface area contributed by atoms with E-state index in [1.165, 1.54) is 5.19 Å². The van der Waals surface area contributed by atoms with Crippen molar-refractivity contribution < 1.29 is 5.11 Å². The van der Waals surface area contributed by atoms with Crippen molar-refractivity contribution in [2.75, 3.05) is 0 Å². The number of hydrogen-bond acceptors (Lipinski definition) is 1. The van der Waals surface area contributed by atoms with E-state index in [0.29, 0.717) is 0 Å². The number of benzene rings is 1. The molecule has 1 aromatic carbocycles. The second-order valence-electron chi connectivity index (χ2n) is 7.53. The molecule has 1 nitrogen and oxygen atoms in total. The molecule has 1 N–H and O–H groups in total. The van der Waals surface area contributed by atoms with Gasteiger partial charge in [-0.25, -0.2) is 0 Å². The molecular weight excluding hydrogens is 300 g/mol. The zero-order valence-electron chi connectivity index (χ0n) is 14.7. The number of rotatable bonds is 6. The van der Waals surface area contributed by atoms with Gasteiger partial charge in [0.1, 0.15) is 21.4 Å². The highest BCUT2D eigenvalue weighted by Crippen LogP contribution is 2.26. The normalized spacial score (nSPS) is 14.6. The molecule has 0 aliphatic heterocycles. The minimum Gasteiger partial charge on any atom is -0.381 e. The SMILES string of the molecule is C=CCCC[C@](O)(C#C[Si](C)(C)C)[Si](C)(C)c1ccccc1.